The van der Waals surface area contributed by atoms with E-state index in [4.69, 9.17) is 4.74 Å². The highest BCUT2D eigenvalue weighted by Gasteiger charge is 2.43. The Morgan fingerprint density at radius 2 is 1.84 bits per heavy atom. The van der Waals surface area contributed by atoms with E-state index >= 15 is 0 Å². The van der Waals surface area contributed by atoms with E-state index in [1.807, 2.05) is 6.07 Å². The summed E-state index contributed by atoms with van der Waals surface area (Å²) in [6, 6.07) is 10.5. The number of hydrogen-bond acceptors (Lipinski definition) is 3. The Morgan fingerprint density at radius 1 is 1.12 bits per heavy atom. The fourth-order valence-electron chi connectivity index (χ4n) is 4.66. The second-order valence-corrected chi connectivity index (χ2v) is 8.50. The minimum absolute atomic E-state index is 0.0627. The van der Waals surface area contributed by atoms with Gasteiger partial charge in [0.1, 0.15) is 17.8 Å². The van der Waals surface area contributed by atoms with Gasteiger partial charge >= 0.3 is 5.97 Å². The predicted molar refractivity (Wildman–Crippen MR) is 98.2 cm³/mol. The van der Waals surface area contributed by atoms with Crippen LogP contribution in [0.15, 0.2) is 30.3 Å². The first-order valence-electron chi connectivity index (χ1n) is 9.68. The quantitative estimate of drug-likeness (QED) is 0.589. The van der Waals surface area contributed by atoms with E-state index in [9.17, 15) is 9.59 Å². The van der Waals surface area contributed by atoms with Crippen molar-refractivity contribution in [2.24, 2.45) is 17.8 Å². The second-order valence-electron chi connectivity index (χ2n) is 8.50. The molecule has 3 heteroatoms. The molecule has 0 aliphatic heterocycles. The summed E-state index contributed by atoms with van der Waals surface area (Å²) in [5, 5.41) is 0. The van der Waals surface area contributed by atoms with Gasteiger partial charge in [0, 0.05) is 12.3 Å². The Kier molecular flexibility index (Phi) is 5.31. The van der Waals surface area contributed by atoms with Gasteiger partial charge in [-0.3, -0.25) is 9.59 Å². The third-order valence-electron chi connectivity index (χ3n) is 6.36. The number of carbonyl (C=O) groups excluding carboxylic acids is 2. The third kappa shape index (κ3) is 3.80. The molecule has 0 heterocycles. The molecule has 4 atom stereocenters. The molecule has 0 bridgehead atoms. The number of esters is 1. The summed E-state index contributed by atoms with van der Waals surface area (Å²) in [6.07, 6.45) is 5.02. The molecule has 2 fully saturated rings. The van der Waals surface area contributed by atoms with Gasteiger partial charge in [-0.2, -0.15) is 0 Å². The Bertz CT molecular complexity index is 619. The van der Waals surface area contributed by atoms with Crippen molar-refractivity contribution in [3.63, 3.8) is 0 Å². The van der Waals surface area contributed by atoms with Crippen molar-refractivity contribution in [3.8, 4) is 0 Å². The van der Waals surface area contributed by atoms with Crippen molar-refractivity contribution >= 4 is 11.8 Å². The minimum atomic E-state index is -0.516. The first-order chi connectivity index (χ1) is 11.9. The zero-order valence-corrected chi connectivity index (χ0v) is 15.7. The normalized spacial score (nSPS) is 30.3. The number of ketones is 1. The van der Waals surface area contributed by atoms with Crippen molar-refractivity contribution in [2.75, 3.05) is 0 Å². The lowest BCUT2D eigenvalue weighted by atomic mass is 9.64. The molecule has 1 aromatic rings. The molecule has 0 aromatic heterocycles. The van der Waals surface area contributed by atoms with E-state index in [0.29, 0.717) is 18.8 Å². The van der Waals surface area contributed by atoms with Crippen molar-refractivity contribution in [1.29, 1.82) is 0 Å². The summed E-state index contributed by atoms with van der Waals surface area (Å²) < 4.78 is 5.98. The summed E-state index contributed by atoms with van der Waals surface area (Å²) in [6.45, 7) is 6.74. The summed E-state index contributed by atoms with van der Waals surface area (Å²) in [7, 11) is 0. The number of Topliss-reactive ketones (excluding diaryl/α,β-unsaturated/α-hetero) is 1. The molecule has 0 spiro atoms. The molecule has 25 heavy (non-hydrogen) atoms. The molecule has 2 saturated carbocycles. The zero-order valence-electron chi connectivity index (χ0n) is 15.7. The fraction of sp³-hybridized carbons (Fsp3) is 0.636. The van der Waals surface area contributed by atoms with Gasteiger partial charge in [0.05, 0.1) is 0 Å². The lowest BCUT2D eigenvalue weighted by molar-refractivity contribution is -0.162. The third-order valence-corrected chi connectivity index (χ3v) is 6.36. The highest BCUT2D eigenvalue weighted by Crippen LogP contribution is 2.44. The van der Waals surface area contributed by atoms with Gasteiger partial charge in [-0.1, -0.05) is 57.5 Å². The van der Waals surface area contributed by atoms with Gasteiger partial charge in [0.2, 0.25) is 0 Å². The summed E-state index contributed by atoms with van der Waals surface area (Å²) in [4.78, 5) is 24.5. The monoisotopic (exact) mass is 342 g/mol. The maximum Gasteiger partial charge on any atom is 0.316 e. The molecule has 3 nitrogen and oxygen atoms in total. The average molecular weight is 342 g/mol. The van der Waals surface area contributed by atoms with Crippen LogP contribution in [0.25, 0.3) is 0 Å². The maximum absolute atomic E-state index is 12.6. The van der Waals surface area contributed by atoms with Gasteiger partial charge in [0.25, 0.3) is 0 Å². The van der Waals surface area contributed by atoms with Crippen molar-refractivity contribution in [3.05, 3.63) is 35.9 Å². The Labute approximate surface area is 151 Å². The van der Waals surface area contributed by atoms with Gasteiger partial charge in [-0.05, 0) is 42.6 Å². The molecule has 2 aliphatic carbocycles. The van der Waals surface area contributed by atoms with E-state index in [1.54, 1.807) is 0 Å². The van der Waals surface area contributed by atoms with E-state index < -0.39 is 5.92 Å². The van der Waals surface area contributed by atoms with Crippen molar-refractivity contribution in [2.45, 2.75) is 70.8 Å². The Hall–Kier alpha value is -1.64. The first-order valence-corrected chi connectivity index (χ1v) is 9.68. The van der Waals surface area contributed by atoms with Crippen LogP contribution in [0.2, 0.25) is 0 Å². The minimum Gasteiger partial charge on any atom is -0.461 e. The molecular formula is C22H30O3. The van der Waals surface area contributed by atoms with Gasteiger partial charge in [-0.25, -0.2) is 0 Å². The van der Waals surface area contributed by atoms with Crippen LogP contribution in [0.3, 0.4) is 0 Å². The number of ether oxygens (including phenoxy) is 1. The van der Waals surface area contributed by atoms with Crippen LogP contribution in [0, 0.1) is 17.8 Å². The summed E-state index contributed by atoms with van der Waals surface area (Å²) in [5.41, 5.74) is 1.22. The van der Waals surface area contributed by atoms with E-state index in [2.05, 4.69) is 45.0 Å². The second kappa shape index (κ2) is 7.31. The summed E-state index contributed by atoms with van der Waals surface area (Å²) in [5.74, 6) is 0.104. The molecule has 3 rings (SSSR count). The van der Waals surface area contributed by atoms with Crippen LogP contribution in [0.4, 0.5) is 0 Å². The number of hydrogen-bond donors (Lipinski definition) is 0. The molecule has 1 aromatic carbocycles. The highest BCUT2D eigenvalue weighted by atomic mass is 16.5. The van der Waals surface area contributed by atoms with Crippen LogP contribution in [0.1, 0.15) is 64.9 Å². The Balaban J connectivity index is 1.79. The SMILES string of the molecule is C[C@H]1CC[C@H](C(C)(C)c2ccccc2)[C@@H](OC(=O)C2CCCC2=O)C1. The van der Waals surface area contributed by atoms with Gasteiger partial charge in [0.15, 0.2) is 0 Å². The van der Waals surface area contributed by atoms with Crippen molar-refractivity contribution < 1.29 is 14.3 Å². The van der Waals surface area contributed by atoms with Crippen LogP contribution in [-0.2, 0) is 19.7 Å². The molecule has 0 amide bonds. The molecule has 136 valence electrons. The zero-order chi connectivity index (χ0) is 18.0. The average Bonchev–Trinajstić information content (AvgIpc) is 3.01. The molecule has 1 unspecified atom stereocenters. The highest BCUT2D eigenvalue weighted by molar-refractivity contribution is 6.00. The largest absolute Gasteiger partial charge is 0.461 e. The number of rotatable bonds is 4. The molecule has 0 saturated heterocycles. The molecule has 0 N–H and O–H groups in total. The fourth-order valence-corrected chi connectivity index (χ4v) is 4.66. The molecular weight excluding hydrogens is 312 g/mol. The van der Waals surface area contributed by atoms with Crippen LogP contribution in [-0.4, -0.2) is 17.9 Å². The Morgan fingerprint density at radius 3 is 2.48 bits per heavy atom. The topological polar surface area (TPSA) is 43.4 Å². The van der Waals surface area contributed by atoms with Crippen LogP contribution < -0.4 is 0 Å². The first kappa shape index (κ1) is 18.2. The summed E-state index contributed by atoms with van der Waals surface area (Å²) >= 11 is 0. The smallest absolute Gasteiger partial charge is 0.316 e. The molecule has 0 radical (unpaired) electrons. The van der Waals surface area contributed by atoms with E-state index in [0.717, 1.165) is 25.7 Å². The van der Waals surface area contributed by atoms with Gasteiger partial charge in [-0.15, -0.1) is 0 Å². The molecule has 2 aliphatic rings. The lowest BCUT2D eigenvalue weighted by Crippen LogP contribution is -2.44. The lowest BCUT2D eigenvalue weighted by Gasteiger charge is -2.44. The van der Waals surface area contributed by atoms with Gasteiger partial charge < -0.3 is 4.74 Å². The number of benzene rings is 1. The standard InChI is InChI=1S/C22H30O3/c1-15-12-13-18(22(2,3)16-8-5-4-6-9-16)20(14-15)25-21(24)17-10-7-11-19(17)23/h4-6,8-9,15,17-18,20H,7,10-14H2,1-3H3/t15-,17?,18-,20-/m0/s1. The van der Waals surface area contributed by atoms with Crippen LogP contribution in [0.5, 0.6) is 0 Å². The predicted octanol–water partition coefficient (Wildman–Crippen LogP) is 4.68. The van der Waals surface area contributed by atoms with E-state index in [1.165, 1.54) is 5.56 Å². The maximum atomic E-state index is 12.6. The van der Waals surface area contributed by atoms with Crippen LogP contribution >= 0.6 is 0 Å². The van der Waals surface area contributed by atoms with E-state index in [-0.39, 0.29) is 29.2 Å². The van der Waals surface area contributed by atoms with Crippen molar-refractivity contribution in [1.82, 2.24) is 0 Å². The number of carbonyl (C=O) groups is 2.